The molecule has 3 aliphatic rings. The molecule has 10 heteroatoms. The molecule has 3 aliphatic heterocycles. The van der Waals surface area contributed by atoms with Gasteiger partial charge < -0.3 is 37.9 Å². The second kappa shape index (κ2) is 12.2. The summed E-state index contributed by atoms with van der Waals surface area (Å²) in [5.41, 5.74) is 1.72. The van der Waals surface area contributed by atoms with Gasteiger partial charge in [0, 0.05) is 0 Å². The van der Waals surface area contributed by atoms with Gasteiger partial charge in [0.05, 0.1) is 64.1 Å². The van der Waals surface area contributed by atoms with Crippen molar-refractivity contribution in [2.75, 3.05) is 40.6 Å². The summed E-state index contributed by atoms with van der Waals surface area (Å²) in [6, 6.07) is 11.7. The SMILES string of the molecule is COc1cccc(OC(C)C)c1C1=C2OCCOC2C(c2sc(-c3c(OC)cccc3OC(C)C)c3c2OCCO3)S1. The smallest absolute Gasteiger partial charge is 0.180 e. The van der Waals surface area contributed by atoms with Crippen molar-refractivity contribution in [1.29, 1.82) is 0 Å². The fourth-order valence-electron chi connectivity index (χ4n) is 5.36. The van der Waals surface area contributed by atoms with Gasteiger partial charge in [0.2, 0.25) is 0 Å². The highest BCUT2D eigenvalue weighted by atomic mass is 32.2. The molecule has 4 heterocycles. The van der Waals surface area contributed by atoms with E-state index < -0.39 is 0 Å². The fraction of sp³-hybridized carbons (Fsp3) is 0.438. The lowest BCUT2D eigenvalue weighted by atomic mass is 10.1. The van der Waals surface area contributed by atoms with Gasteiger partial charge >= 0.3 is 0 Å². The van der Waals surface area contributed by atoms with E-state index in [1.807, 2.05) is 64.1 Å². The number of thioether (sulfide) groups is 1. The van der Waals surface area contributed by atoms with Gasteiger partial charge in [0.25, 0.3) is 0 Å². The van der Waals surface area contributed by atoms with Crippen LogP contribution in [0.1, 0.15) is 43.4 Å². The van der Waals surface area contributed by atoms with Gasteiger partial charge in [-0.05, 0) is 52.0 Å². The largest absolute Gasteiger partial charge is 0.496 e. The third kappa shape index (κ3) is 5.24. The number of ether oxygens (including phenoxy) is 8. The molecule has 0 saturated carbocycles. The van der Waals surface area contributed by atoms with Crippen LogP contribution in [-0.2, 0) is 9.47 Å². The Labute approximate surface area is 254 Å². The molecule has 6 rings (SSSR count). The molecule has 0 amide bonds. The molecule has 42 heavy (non-hydrogen) atoms. The molecular weight excluding hydrogens is 576 g/mol. The molecule has 1 aromatic heterocycles. The van der Waals surface area contributed by atoms with Crippen molar-refractivity contribution in [3.05, 3.63) is 52.6 Å². The summed E-state index contributed by atoms with van der Waals surface area (Å²) in [5.74, 6) is 5.12. The molecule has 2 unspecified atom stereocenters. The zero-order chi connectivity index (χ0) is 29.4. The molecule has 2 aromatic carbocycles. The van der Waals surface area contributed by atoms with E-state index in [-0.39, 0.29) is 23.6 Å². The van der Waals surface area contributed by atoms with Crippen LogP contribution in [0.4, 0.5) is 0 Å². The number of hydrogen-bond acceptors (Lipinski definition) is 10. The number of methoxy groups -OCH3 is 2. The number of thiophene rings is 1. The summed E-state index contributed by atoms with van der Waals surface area (Å²) in [6.45, 7) is 9.94. The van der Waals surface area contributed by atoms with Gasteiger partial charge in [-0.2, -0.15) is 0 Å². The molecule has 0 bridgehead atoms. The van der Waals surface area contributed by atoms with E-state index in [4.69, 9.17) is 37.9 Å². The molecule has 2 atom stereocenters. The third-order valence-corrected chi connectivity index (χ3v) is 9.70. The maximum absolute atomic E-state index is 6.42. The molecule has 0 aliphatic carbocycles. The molecular formula is C32H36O8S2. The maximum atomic E-state index is 6.42. The van der Waals surface area contributed by atoms with Crippen molar-refractivity contribution in [2.45, 2.75) is 51.3 Å². The summed E-state index contributed by atoms with van der Waals surface area (Å²) >= 11 is 3.30. The second-order valence-electron chi connectivity index (χ2n) is 10.5. The lowest BCUT2D eigenvalue weighted by Gasteiger charge is -2.27. The van der Waals surface area contributed by atoms with Crippen molar-refractivity contribution < 1.29 is 37.9 Å². The highest BCUT2D eigenvalue weighted by Crippen LogP contribution is 2.64. The van der Waals surface area contributed by atoms with Crippen LogP contribution in [0.5, 0.6) is 34.5 Å². The predicted octanol–water partition coefficient (Wildman–Crippen LogP) is 7.35. The minimum absolute atomic E-state index is 0.0106. The normalized spacial score (nSPS) is 19.5. The van der Waals surface area contributed by atoms with Crippen molar-refractivity contribution >= 4 is 28.0 Å². The van der Waals surface area contributed by atoms with E-state index in [0.29, 0.717) is 37.9 Å². The number of fused-ring (bicyclic) bond motifs is 2. The first-order valence-corrected chi connectivity index (χ1v) is 15.9. The van der Waals surface area contributed by atoms with Crippen LogP contribution in [0.2, 0.25) is 0 Å². The molecule has 1 fully saturated rings. The van der Waals surface area contributed by atoms with Crippen LogP contribution in [0.15, 0.2) is 42.2 Å². The Morgan fingerprint density at radius 2 is 1.29 bits per heavy atom. The standard InChI is InChI=1S/C32H36O8S2/c1-17(2)39-21-11-7-9-19(33-5)23(21)29-25-27(37-15-13-35-25)31(41-29)32-28-26(36-14-16-38-28)30(42-32)24-20(34-6)10-8-12-22(24)40-18(3)4/h7-12,17-18,27,31H,13-16H2,1-6H3. The van der Waals surface area contributed by atoms with E-state index >= 15 is 0 Å². The highest BCUT2D eigenvalue weighted by molar-refractivity contribution is 8.09. The van der Waals surface area contributed by atoms with E-state index in [9.17, 15) is 0 Å². The zero-order valence-corrected chi connectivity index (χ0v) is 26.3. The van der Waals surface area contributed by atoms with Gasteiger partial charge in [0.15, 0.2) is 11.5 Å². The van der Waals surface area contributed by atoms with E-state index in [2.05, 4.69) is 0 Å². The van der Waals surface area contributed by atoms with Crippen molar-refractivity contribution in [1.82, 2.24) is 0 Å². The number of hydrogen-bond donors (Lipinski definition) is 0. The molecule has 0 radical (unpaired) electrons. The van der Waals surface area contributed by atoms with Crippen LogP contribution in [0, 0.1) is 0 Å². The maximum Gasteiger partial charge on any atom is 0.180 e. The van der Waals surface area contributed by atoms with Crippen molar-refractivity contribution in [3.63, 3.8) is 0 Å². The topological polar surface area (TPSA) is 73.8 Å². The van der Waals surface area contributed by atoms with Crippen molar-refractivity contribution in [3.8, 4) is 44.9 Å². The van der Waals surface area contributed by atoms with Gasteiger partial charge in [-0.1, -0.05) is 12.1 Å². The molecule has 3 aromatic rings. The van der Waals surface area contributed by atoms with Crippen LogP contribution in [-0.4, -0.2) is 59.0 Å². The van der Waals surface area contributed by atoms with E-state index in [1.165, 1.54) is 0 Å². The summed E-state index contributed by atoms with van der Waals surface area (Å²) in [5, 5.41) is -0.148. The van der Waals surface area contributed by atoms with Gasteiger partial charge in [-0.15, -0.1) is 23.1 Å². The lowest BCUT2D eigenvalue weighted by Crippen LogP contribution is -2.28. The Bertz CT molecular complexity index is 1480. The van der Waals surface area contributed by atoms with E-state index in [0.717, 1.165) is 54.5 Å². The predicted molar refractivity (Wildman–Crippen MR) is 165 cm³/mol. The van der Waals surface area contributed by atoms with E-state index in [1.54, 1.807) is 37.3 Å². The molecule has 8 nitrogen and oxygen atoms in total. The first kappa shape index (κ1) is 28.9. The van der Waals surface area contributed by atoms with Gasteiger partial charge in [0.1, 0.15) is 54.7 Å². The number of benzene rings is 2. The summed E-state index contributed by atoms with van der Waals surface area (Å²) in [7, 11) is 3.34. The highest BCUT2D eigenvalue weighted by Gasteiger charge is 2.46. The summed E-state index contributed by atoms with van der Waals surface area (Å²) < 4.78 is 49.5. The monoisotopic (exact) mass is 612 g/mol. The average molecular weight is 613 g/mol. The Morgan fingerprint density at radius 3 is 1.93 bits per heavy atom. The Kier molecular flexibility index (Phi) is 8.38. The molecule has 0 spiro atoms. The first-order valence-electron chi connectivity index (χ1n) is 14.2. The molecule has 1 saturated heterocycles. The lowest BCUT2D eigenvalue weighted by molar-refractivity contribution is -0.0391. The fourth-order valence-corrected chi connectivity index (χ4v) is 8.31. The average Bonchev–Trinajstić information content (AvgIpc) is 3.55. The summed E-state index contributed by atoms with van der Waals surface area (Å²) in [6.07, 6.45) is -0.344. The van der Waals surface area contributed by atoms with Gasteiger partial charge in [-0.25, -0.2) is 0 Å². The Hall–Kier alpha value is -3.21. The van der Waals surface area contributed by atoms with Crippen LogP contribution in [0.25, 0.3) is 15.3 Å². The first-order chi connectivity index (χ1) is 20.4. The summed E-state index contributed by atoms with van der Waals surface area (Å²) in [4.78, 5) is 2.86. The van der Waals surface area contributed by atoms with Crippen LogP contribution >= 0.6 is 23.1 Å². The van der Waals surface area contributed by atoms with Crippen molar-refractivity contribution in [2.24, 2.45) is 0 Å². The molecule has 224 valence electrons. The Balaban J connectivity index is 1.49. The minimum atomic E-state index is -0.319. The zero-order valence-electron chi connectivity index (χ0n) is 24.7. The third-order valence-electron chi connectivity index (χ3n) is 6.92. The van der Waals surface area contributed by atoms with Crippen LogP contribution < -0.4 is 28.4 Å². The minimum Gasteiger partial charge on any atom is -0.496 e. The quantitative estimate of drug-likeness (QED) is 0.247. The van der Waals surface area contributed by atoms with Gasteiger partial charge in [-0.3, -0.25) is 0 Å². The second-order valence-corrected chi connectivity index (χ2v) is 12.7. The number of rotatable bonds is 9. The Morgan fingerprint density at radius 1 is 0.714 bits per heavy atom. The van der Waals surface area contributed by atoms with Crippen LogP contribution in [0.3, 0.4) is 0 Å². The molecule has 0 N–H and O–H groups in total.